The molecule has 1 nitrogen and oxygen atoms in total. The summed E-state index contributed by atoms with van der Waals surface area (Å²) in [5.41, 5.74) is 1.25. The fourth-order valence-corrected chi connectivity index (χ4v) is 1.74. The Morgan fingerprint density at radius 2 is 2.15 bits per heavy atom. The summed E-state index contributed by atoms with van der Waals surface area (Å²) < 4.78 is 5.15. The summed E-state index contributed by atoms with van der Waals surface area (Å²) in [6.45, 7) is 2.02. The number of rotatable bonds is 3. The fourth-order valence-electron chi connectivity index (χ4n) is 1.14. The first kappa shape index (κ1) is 10.2. The Morgan fingerprint density at radius 1 is 1.38 bits per heavy atom. The van der Waals surface area contributed by atoms with Crippen molar-refractivity contribution in [3.05, 3.63) is 29.8 Å². The van der Waals surface area contributed by atoms with E-state index in [2.05, 4.69) is 24.5 Å². The lowest BCUT2D eigenvalue weighted by atomic mass is 10.2. The van der Waals surface area contributed by atoms with Gasteiger partial charge in [0.15, 0.2) is 0 Å². The Kier molecular flexibility index (Phi) is 3.90. The normalized spacial score (nSPS) is 10.7. The number of thioether (sulfide) groups is 1. The molecular weight excluding hydrogens is 180 g/mol. The molecule has 2 heteroatoms. The molecule has 0 unspecified atom stereocenters. The summed E-state index contributed by atoms with van der Waals surface area (Å²) in [7, 11) is 1.69. The van der Waals surface area contributed by atoms with Crippen LogP contribution in [-0.4, -0.2) is 13.4 Å². The zero-order valence-electron chi connectivity index (χ0n) is 8.20. The van der Waals surface area contributed by atoms with Crippen LogP contribution in [0.15, 0.2) is 29.2 Å². The molecule has 0 atom stereocenters. The molecule has 0 N–H and O–H groups in total. The van der Waals surface area contributed by atoms with Gasteiger partial charge in [0.25, 0.3) is 0 Å². The minimum atomic E-state index is 0.914. The second-order valence-electron chi connectivity index (χ2n) is 2.61. The van der Waals surface area contributed by atoms with Crippen LogP contribution in [0, 0.1) is 0 Å². The Bertz CT molecular complexity index is 305. The van der Waals surface area contributed by atoms with Gasteiger partial charge in [-0.1, -0.05) is 18.2 Å². The van der Waals surface area contributed by atoms with Crippen LogP contribution in [0.2, 0.25) is 0 Å². The minimum absolute atomic E-state index is 0.914. The molecule has 0 saturated carbocycles. The molecule has 0 aliphatic heterocycles. The van der Waals surface area contributed by atoms with Crippen LogP contribution in [0.4, 0.5) is 0 Å². The highest BCUT2D eigenvalue weighted by Gasteiger charge is 1.99. The second-order valence-corrected chi connectivity index (χ2v) is 3.46. The summed E-state index contributed by atoms with van der Waals surface area (Å²) in [5.74, 6) is 0.914. The summed E-state index contributed by atoms with van der Waals surface area (Å²) in [4.78, 5) is 1.25. The standard InChI is InChI=1S/C11H14OS/c1-4-5-9-6-7-10(12-2)8-11(9)13-3/h4-8H,1-3H3/b5-4+. The van der Waals surface area contributed by atoms with E-state index in [0.717, 1.165) is 5.75 Å². The van der Waals surface area contributed by atoms with Gasteiger partial charge in [0, 0.05) is 4.90 Å². The predicted molar refractivity (Wildman–Crippen MR) is 59.5 cm³/mol. The molecule has 1 aromatic rings. The van der Waals surface area contributed by atoms with E-state index in [1.54, 1.807) is 18.9 Å². The smallest absolute Gasteiger partial charge is 0.120 e. The molecular formula is C11H14OS. The molecule has 0 radical (unpaired) electrons. The third-order valence-corrected chi connectivity index (χ3v) is 2.58. The molecule has 0 aromatic heterocycles. The average Bonchev–Trinajstić information content (AvgIpc) is 2.19. The number of hydrogen-bond donors (Lipinski definition) is 0. The molecule has 0 bridgehead atoms. The van der Waals surface area contributed by atoms with Gasteiger partial charge >= 0.3 is 0 Å². The topological polar surface area (TPSA) is 9.23 Å². The van der Waals surface area contributed by atoms with Gasteiger partial charge < -0.3 is 4.74 Å². The van der Waals surface area contributed by atoms with E-state index in [9.17, 15) is 0 Å². The molecule has 0 saturated heterocycles. The Balaban J connectivity index is 3.07. The number of benzene rings is 1. The lowest BCUT2D eigenvalue weighted by molar-refractivity contribution is 0.413. The van der Waals surface area contributed by atoms with Crippen LogP contribution in [0.5, 0.6) is 5.75 Å². The third kappa shape index (κ3) is 2.52. The minimum Gasteiger partial charge on any atom is -0.497 e. The van der Waals surface area contributed by atoms with Crippen LogP contribution in [0.1, 0.15) is 12.5 Å². The Morgan fingerprint density at radius 3 is 2.69 bits per heavy atom. The first-order valence-electron chi connectivity index (χ1n) is 4.16. The molecule has 70 valence electrons. The molecule has 1 aromatic carbocycles. The van der Waals surface area contributed by atoms with Gasteiger partial charge in [-0.15, -0.1) is 11.8 Å². The van der Waals surface area contributed by atoms with Gasteiger partial charge in [0.1, 0.15) is 5.75 Å². The van der Waals surface area contributed by atoms with Gasteiger partial charge in [-0.25, -0.2) is 0 Å². The maximum Gasteiger partial charge on any atom is 0.120 e. The second kappa shape index (κ2) is 4.97. The van der Waals surface area contributed by atoms with Crippen molar-refractivity contribution in [1.29, 1.82) is 0 Å². The van der Waals surface area contributed by atoms with Gasteiger partial charge in [0.2, 0.25) is 0 Å². The van der Waals surface area contributed by atoms with Crippen LogP contribution in [0.3, 0.4) is 0 Å². The molecule has 0 heterocycles. The maximum absolute atomic E-state index is 5.15. The molecule has 1 rings (SSSR count). The zero-order valence-corrected chi connectivity index (χ0v) is 9.02. The molecule has 0 aliphatic carbocycles. The monoisotopic (exact) mass is 194 g/mol. The summed E-state index contributed by atoms with van der Waals surface area (Å²) in [5, 5.41) is 0. The summed E-state index contributed by atoms with van der Waals surface area (Å²) in [6, 6.07) is 6.11. The van der Waals surface area contributed by atoms with Crippen LogP contribution >= 0.6 is 11.8 Å². The van der Waals surface area contributed by atoms with Crippen molar-refractivity contribution in [1.82, 2.24) is 0 Å². The quantitative estimate of drug-likeness (QED) is 0.682. The van der Waals surface area contributed by atoms with E-state index in [1.165, 1.54) is 10.5 Å². The summed E-state index contributed by atoms with van der Waals surface area (Å²) in [6.07, 6.45) is 6.22. The first-order valence-corrected chi connectivity index (χ1v) is 5.39. The van der Waals surface area contributed by atoms with Crippen molar-refractivity contribution in [3.63, 3.8) is 0 Å². The number of hydrogen-bond acceptors (Lipinski definition) is 2. The van der Waals surface area contributed by atoms with Crippen molar-refractivity contribution in [2.75, 3.05) is 13.4 Å². The van der Waals surface area contributed by atoms with Crippen molar-refractivity contribution in [2.45, 2.75) is 11.8 Å². The SMILES string of the molecule is C/C=C/c1ccc(OC)cc1SC. The highest BCUT2D eigenvalue weighted by molar-refractivity contribution is 7.98. The van der Waals surface area contributed by atoms with Crippen molar-refractivity contribution >= 4 is 17.8 Å². The number of ether oxygens (including phenoxy) is 1. The predicted octanol–water partition coefficient (Wildman–Crippen LogP) is 3.45. The van der Waals surface area contributed by atoms with Gasteiger partial charge in [0.05, 0.1) is 7.11 Å². The van der Waals surface area contributed by atoms with Crippen molar-refractivity contribution < 1.29 is 4.74 Å². The Hall–Kier alpha value is -0.890. The Labute approximate surface area is 83.8 Å². The maximum atomic E-state index is 5.15. The van der Waals surface area contributed by atoms with E-state index in [4.69, 9.17) is 4.74 Å². The van der Waals surface area contributed by atoms with Crippen molar-refractivity contribution in [2.24, 2.45) is 0 Å². The molecule has 0 spiro atoms. The third-order valence-electron chi connectivity index (χ3n) is 1.79. The van der Waals surface area contributed by atoms with Gasteiger partial charge in [-0.3, -0.25) is 0 Å². The number of allylic oxidation sites excluding steroid dienone is 1. The van der Waals surface area contributed by atoms with E-state index in [-0.39, 0.29) is 0 Å². The average molecular weight is 194 g/mol. The summed E-state index contributed by atoms with van der Waals surface area (Å²) >= 11 is 1.73. The molecule has 0 aliphatic rings. The van der Waals surface area contributed by atoms with E-state index in [1.807, 2.05) is 19.1 Å². The highest BCUT2D eigenvalue weighted by Crippen LogP contribution is 2.26. The lowest BCUT2D eigenvalue weighted by Crippen LogP contribution is -1.85. The largest absolute Gasteiger partial charge is 0.497 e. The van der Waals surface area contributed by atoms with Gasteiger partial charge in [-0.2, -0.15) is 0 Å². The van der Waals surface area contributed by atoms with Gasteiger partial charge in [-0.05, 0) is 30.9 Å². The highest BCUT2D eigenvalue weighted by atomic mass is 32.2. The van der Waals surface area contributed by atoms with Crippen LogP contribution < -0.4 is 4.74 Å². The number of methoxy groups -OCH3 is 1. The van der Waals surface area contributed by atoms with Crippen LogP contribution in [-0.2, 0) is 0 Å². The molecule has 13 heavy (non-hydrogen) atoms. The lowest BCUT2D eigenvalue weighted by Gasteiger charge is -2.05. The fraction of sp³-hybridized carbons (Fsp3) is 0.273. The van der Waals surface area contributed by atoms with E-state index >= 15 is 0 Å². The van der Waals surface area contributed by atoms with Crippen LogP contribution in [0.25, 0.3) is 6.08 Å². The van der Waals surface area contributed by atoms with E-state index in [0.29, 0.717) is 0 Å². The molecule has 0 fully saturated rings. The van der Waals surface area contributed by atoms with Crippen molar-refractivity contribution in [3.8, 4) is 5.75 Å². The first-order chi connectivity index (χ1) is 6.31. The molecule has 0 amide bonds. The zero-order chi connectivity index (χ0) is 9.68. The van der Waals surface area contributed by atoms with E-state index < -0.39 is 0 Å².